The lowest BCUT2D eigenvalue weighted by Crippen LogP contribution is -2.50. The summed E-state index contributed by atoms with van der Waals surface area (Å²) in [6.45, 7) is 3.75. The smallest absolute Gasteiger partial charge is 0.374 e. The van der Waals surface area contributed by atoms with Crippen molar-refractivity contribution in [1.29, 1.82) is 0 Å². The topological polar surface area (TPSA) is 67.1 Å². The number of aromatic nitrogens is 2. The summed E-state index contributed by atoms with van der Waals surface area (Å²) in [5.74, 6) is -2.08. The van der Waals surface area contributed by atoms with E-state index in [2.05, 4.69) is 10.3 Å². The molecule has 0 saturated heterocycles. The van der Waals surface area contributed by atoms with Gasteiger partial charge in [0.25, 0.3) is 5.91 Å². The highest BCUT2D eigenvalue weighted by molar-refractivity contribution is 6.06. The standard InChI is InChI=1S/C25H24F3N3O2/c1-3-31-21-15-17(22(32)29-19-12-9-16(2)10-13-19)11-14-20(21)30-23(31)24(33,25(26,27)28)18-7-5-4-6-8-18/h4-7,9-15,18,33H,3,8H2,1-2H3,(H,29,32). The van der Waals surface area contributed by atoms with Gasteiger partial charge in [0.1, 0.15) is 0 Å². The van der Waals surface area contributed by atoms with E-state index in [0.717, 1.165) is 5.56 Å². The van der Waals surface area contributed by atoms with Crippen LogP contribution in [0.3, 0.4) is 0 Å². The number of anilines is 1. The van der Waals surface area contributed by atoms with Gasteiger partial charge in [-0.25, -0.2) is 4.98 Å². The average Bonchev–Trinajstić information content (AvgIpc) is 3.18. The summed E-state index contributed by atoms with van der Waals surface area (Å²) in [5, 5.41) is 13.9. The van der Waals surface area contributed by atoms with E-state index in [0.29, 0.717) is 11.2 Å². The summed E-state index contributed by atoms with van der Waals surface area (Å²) in [4.78, 5) is 17.0. The Morgan fingerprint density at radius 2 is 1.91 bits per heavy atom. The molecule has 0 fully saturated rings. The molecule has 3 aromatic rings. The van der Waals surface area contributed by atoms with Crippen LogP contribution in [0.1, 0.15) is 35.1 Å². The molecule has 0 aliphatic heterocycles. The monoisotopic (exact) mass is 455 g/mol. The molecule has 0 saturated carbocycles. The zero-order valence-electron chi connectivity index (χ0n) is 18.2. The number of allylic oxidation sites excluding steroid dienone is 3. The summed E-state index contributed by atoms with van der Waals surface area (Å²) in [7, 11) is 0. The predicted octanol–water partition coefficient (Wildman–Crippen LogP) is 5.50. The minimum absolute atomic E-state index is 0.0314. The number of hydrogen-bond acceptors (Lipinski definition) is 3. The molecule has 1 aliphatic carbocycles. The SMILES string of the molecule is CCn1c(C(O)(C2C=CC=CC2)C(F)(F)F)nc2ccc(C(=O)Nc3ccc(C)cc3)cc21. The van der Waals surface area contributed by atoms with Gasteiger partial charge >= 0.3 is 6.18 Å². The van der Waals surface area contributed by atoms with Crippen molar-refractivity contribution < 1.29 is 23.1 Å². The summed E-state index contributed by atoms with van der Waals surface area (Å²) < 4.78 is 44.1. The number of amides is 1. The van der Waals surface area contributed by atoms with Gasteiger partial charge in [0, 0.05) is 23.7 Å². The number of halogens is 3. The van der Waals surface area contributed by atoms with Gasteiger partial charge in [-0.2, -0.15) is 13.2 Å². The van der Waals surface area contributed by atoms with Gasteiger partial charge in [0.2, 0.25) is 5.60 Å². The molecule has 8 heteroatoms. The molecular formula is C25H24F3N3O2. The van der Waals surface area contributed by atoms with Crippen LogP contribution in [0.25, 0.3) is 11.0 Å². The minimum Gasteiger partial charge on any atom is -0.374 e. The average molecular weight is 455 g/mol. The van der Waals surface area contributed by atoms with Gasteiger partial charge in [0.05, 0.1) is 11.0 Å². The third-order valence-corrected chi connectivity index (χ3v) is 5.93. The molecular weight excluding hydrogens is 431 g/mol. The maximum absolute atomic E-state index is 14.3. The lowest BCUT2D eigenvalue weighted by Gasteiger charge is -2.36. The molecule has 2 unspecified atom stereocenters. The number of hydrogen-bond donors (Lipinski definition) is 2. The molecule has 0 bridgehead atoms. The van der Waals surface area contributed by atoms with Gasteiger partial charge in [-0.1, -0.05) is 42.0 Å². The van der Waals surface area contributed by atoms with Gasteiger partial charge in [-0.3, -0.25) is 4.79 Å². The van der Waals surface area contributed by atoms with Gasteiger partial charge in [-0.05, 0) is 50.6 Å². The Morgan fingerprint density at radius 3 is 2.52 bits per heavy atom. The highest BCUT2D eigenvalue weighted by atomic mass is 19.4. The maximum atomic E-state index is 14.3. The highest BCUT2D eigenvalue weighted by Gasteiger charge is 2.61. The molecule has 1 aliphatic rings. The first-order chi connectivity index (χ1) is 15.6. The van der Waals surface area contributed by atoms with E-state index in [9.17, 15) is 23.1 Å². The third kappa shape index (κ3) is 4.06. The Labute approximate surface area is 189 Å². The summed E-state index contributed by atoms with van der Waals surface area (Å²) in [5.41, 5.74) is -0.611. The van der Waals surface area contributed by atoms with Gasteiger partial charge in [-0.15, -0.1) is 0 Å². The van der Waals surface area contributed by atoms with E-state index in [1.165, 1.54) is 34.9 Å². The Kier molecular flexibility index (Phi) is 5.88. The van der Waals surface area contributed by atoms with E-state index < -0.39 is 29.4 Å². The zero-order valence-corrected chi connectivity index (χ0v) is 18.2. The predicted molar refractivity (Wildman–Crippen MR) is 121 cm³/mol. The van der Waals surface area contributed by atoms with Crippen LogP contribution < -0.4 is 5.32 Å². The fraction of sp³-hybridized carbons (Fsp3) is 0.280. The third-order valence-electron chi connectivity index (χ3n) is 5.93. The molecule has 4 rings (SSSR count). The number of benzene rings is 2. The van der Waals surface area contributed by atoms with Crippen molar-refractivity contribution in [2.24, 2.45) is 5.92 Å². The van der Waals surface area contributed by atoms with Crippen molar-refractivity contribution >= 4 is 22.6 Å². The Morgan fingerprint density at radius 1 is 1.18 bits per heavy atom. The van der Waals surface area contributed by atoms with Crippen molar-refractivity contribution in [1.82, 2.24) is 9.55 Å². The minimum atomic E-state index is -4.95. The quantitative estimate of drug-likeness (QED) is 0.534. The van der Waals surface area contributed by atoms with Crippen LogP contribution in [0, 0.1) is 12.8 Å². The number of nitrogens with one attached hydrogen (secondary N) is 1. The van der Waals surface area contributed by atoms with Crippen LogP contribution in [0.15, 0.2) is 66.8 Å². The largest absolute Gasteiger partial charge is 0.425 e. The van der Waals surface area contributed by atoms with Gasteiger partial charge in [0.15, 0.2) is 5.82 Å². The second-order valence-electron chi connectivity index (χ2n) is 8.12. The fourth-order valence-electron chi connectivity index (χ4n) is 4.11. The van der Waals surface area contributed by atoms with Crippen LogP contribution in [0.5, 0.6) is 0 Å². The Balaban J connectivity index is 1.77. The number of rotatable bonds is 5. The summed E-state index contributed by atoms with van der Waals surface area (Å²) in [6.07, 6.45) is 1.17. The van der Waals surface area contributed by atoms with Crippen LogP contribution in [-0.2, 0) is 12.1 Å². The maximum Gasteiger partial charge on any atom is 0.425 e. The second kappa shape index (κ2) is 8.51. The Bertz CT molecular complexity index is 1240. The van der Waals surface area contributed by atoms with E-state index in [4.69, 9.17) is 0 Å². The lowest BCUT2D eigenvalue weighted by atomic mass is 9.81. The van der Waals surface area contributed by atoms with E-state index in [1.54, 1.807) is 31.2 Å². The second-order valence-corrected chi connectivity index (χ2v) is 8.12. The van der Waals surface area contributed by atoms with Crippen molar-refractivity contribution in [3.63, 3.8) is 0 Å². The number of fused-ring (bicyclic) bond motifs is 1. The lowest BCUT2D eigenvalue weighted by molar-refractivity contribution is -0.285. The number of nitrogens with zero attached hydrogens (tertiary/aromatic N) is 2. The normalized spacial score (nSPS) is 17.8. The summed E-state index contributed by atoms with van der Waals surface area (Å²) in [6, 6.07) is 11.8. The van der Waals surface area contributed by atoms with E-state index >= 15 is 0 Å². The van der Waals surface area contributed by atoms with Crippen LogP contribution >= 0.6 is 0 Å². The first-order valence-corrected chi connectivity index (χ1v) is 10.7. The van der Waals surface area contributed by atoms with Crippen molar-refractivity contribution in [3.8, 4) is 0 Å². The molecule has 1 amide bonds. The Hall–Kier alpha value is -3.39. The molecule has 2 atom stereocenters. The molecule has 172 valence electrons. The van der Waals surface area contributed by atoms with Crippen molar-refractivity contribution in [3.05, 3.63) is 83.7 Å². The van der Waals surface area contributed by atoms with Crippen LogP contribution in [-0.4, -0.2) is 26.7 Å². The molecule has 1 aromatic heterocycles. The molecule has 5 nitrogen and oxygen atoms in total. The number of aliphatic hydroxyl groups is 1. The molecule has 2 N–H and O–H groups in total. The molecule has 2 aromatic carbocycles. The van der Waals surface area contributed by atoms with Crippen LogP contribution in [0.4, 0.5) is 18.9 Å². The fourth-order valence-corrected chi connectivity index (χ4v) is 4.11. The van der Waals surface area contributed by atoms with Crippen LogP contribution in [0.2, 0.25) is 0 Å². The van der Waals surface area contributed by atoms with Crippen molar-refractivity contribution in [2.75, 3.05) is 5.32 Å². The summed E-state index contributed by atoms with van der Waals surface area (Å²) >= 11 is 0. The number of carbonyl (C=O) groups excluding carboxylic acids is 1. The molecule has 33 heavy (non-hydrogen) atoms. The first kappa shape index (κ1) is 22.8. The number of carbonyl (C=O) groups is 1. The highest BCUT2D eigenvalue weighted by Crippen LogP contribution is 2.47. The first-order valence-electron chi connectivity index (χ1n) is 10.7. The number of imidazole rings is 1. The molecule has 1 heterocycles. The van der Waals surface area contributed by atoms with E-state index in [-0.39, 0.29) is 24.0 Å². The molecule has 0 radical (unpaired) electrons. The molecule has 0 spiro atoms. The number of alkyl halides is 3. The zero-order chi connectivity index (χ0) is 23.8. The van der Waals surface area contributed by atoms with E-state index in [1.807, 2.05) is 19.1 Å². The number of aryl methyl sites for hydroxylation is 2. The van der Waals surface area contributed by atoms with Crippen molar-refractivity contribution in [2.45, 2.75) is 38.6 Å². The van der Waals surface area contributed by atoms with Gasteiger partial charge < -0.3 is 15.0 Å².